The molecule has 0 aliphatic carbocycles. The van der Waals surface area contributed by atoms with Gasteiger partial charge in [0.25, 0.3) is 0 Å². The maximum atomic E-state index is 3.52. The third-order valence-corrected chi connectivity index (χ3v) is 3.43. The van der Waals surface area contributed by atoms with E-state index in [0.29, 0.717) is 6.04 Å². The van der Waals surface area contributed by atoms with Gasteiger partial charge in [0.15, 0.2) is 0 Å². The zero-order valence-corrected chi connectivity index (χ0v) is 8.23. The Morgan fingerprint density at radius 3 is 3.17 bits per heavy atom. The second kappa shape index (κ2) is 3.58. The van der Waals surface area contributed by atoms with E-state index in [9.17, 15) is 0 Å². The summed E-state index contributed by atoms with van der Waals surface area (Å²) in [5, 5.41) is 7.99. The van der Waals surface area contributed by atoms with Crippen molar-refractivity contribution in [2.24, 2.45) is 0 Å². The van der Waals surface area contributed by atoms with E-state index in [2.05, 4.69) is 29.1 Å². The highest BCUT2D eigenvalue weighted by Gasteiger charge is 2.22. The molecule has 1 aromatic heterocycles. The number of hydrogen-bond acceptors (Lipinski definition) is 2. The molecule has 0 bridgehead atoms. The van der Waals surface area contributed by atoms with Gasteiger partial charge in [-0.15, -0.1) is 0 Å². The molecule has 2 rings (SSSR count). The Morgan fingerprint density at radius 2 is 2.50 bits per heavy atom. The van der Waals surface area contributed by atoms with Gasteiger partial charge >= 0.3 is 0 Å². The van der Waals surface area contributed by atoms with Gasteiger partial charge in [0.05, 0.1) is 0 Å². The quantitative estimate of drug-likeness (QED) is 0.702. The van der Waals surface area contributed by atoms with E-state index >= 15 is 0 Å². The summed E-state index contributed by atoms with van der Waals surface area (Å²) in [4.78, 5) is 0. The van der Waals surface area contributed by atoms with E-state index in [1.807, 2.05) is 11.3 Å². The first-order valence-corrected chi connectivity index (χ1v) is 5.57. The predicted molar refractivity (Wildman–Crippen MR) is 53.8 cm³/mol. The van der Waals surface area contributed by atoms with Crippen LogP contribution in [-0.2, 0) is 0 Å². The molecule has 0 aromatic carbocycles. The highest BCUT2D eigenvalue weighted by molar-refractivity contribution is 7.07. The van der Waals surface area contributed by atoms with Crippen LogP contribution >= 0.6 is 11.3 Å². The highest BCUT2D eigenvalue weighted by atomic mass is 32.1. The Bertz CT molecular complexity index is 230. The van der Waals surface area contributed by atoms with Gasteiger partial charge in [-0.05, 0) is 54.6 Å². The Labute approximate surface area is 77.8 Å². The smallest absolute Gasteiger partial charge is 0.0108 e. The molecule has 2 heteroatoms. The number of nitrogens with one attached hydrogen (secondary N) is 1. The molecule has 0 amide bonds. The Hall–Kier alpha value is -0.340. The first-order valence-electron chi connectivity index (χ1n) is 4.63. The van der Waals surface area contributed by atoms with Crippen molar-refractivity contribution in [3.8, 4) is 0 Å². The standard InChI is InChI=1S/C10H15NS/c1-8-10(3-2-5-11-8)9-4-6-12-7-9/h4,6-8,10-11H,2-3,5H2,1H3. The predicted octanol–water partition coefficient (Wildman–Crippen LogP) is 2.60. The van der Waals surface area contributed by atoms with E-state index in [0.717, 1.165) is 5.92 Å². The van der Waals surface area contributed by atoms with Crippen LogP contribution in [0.15, 0.2) is 16.8 Å². The lowest BCUT2D eigenvalue weighted by atomic mass is 9.87. The monoisotopic (exact) mass is 181 g/mol. The lowest BCUT2D eigenvalue weighted by Crippen LogP contribution is -2.37. The van der Waals surface area contributed by atoms with E-state index in [1.54, 1.807) is 0 Å². The fourth-order valence-corrected chi connectivity index (χ4v) is 2.71. The van der Waals surface area contributed by atoms with E-state index in [4.69, 9.17) is 0 Å². The van der Waals surface area contributed by atoms with Crippen molar-refractivity contribution in [1.29, 1.82) is 0 Å². The van der Waals surface area contributed by atoms with Crippen LogP contribution in [-0.4, -0.2) is 12.6 Å². The van der Waals surface area contributed by atoms with Crippen molar-refractivity contribution in [3.05, 3.63) is 22.4 Å². The number of hydrogen-bond donors (Lipinski definition) is 1. The number of piperidine rings is 1. The lowest BCUT2D eigenvalue weighted by Gasteiger charge is -2.29. The molecule has 1 aliphatic rings. The summed E-state index contributed by atoms with van der Waals surface area (Å²) in [5.41, 5.74) is 1.53. The van der Waals surface area contributed by atoms with Crippen molar-refractivity contribution in [2.45, 2.75) is 31.7 Å². The third-order valence-electron chi connectivity index (χ3n) is 2.73. The van der Waals surface area contributed by atoms with Gasteiger partial charge < -0.3 is 5.32 Å². The molecule has 66 valence electrons. The second-order valence-corrected chi connectivity index (χ2v) is 4.33. The molecule has 0 radical (unpaired) electrons. The highest BCUT2D eigenvalue weighted by Crippen LogP contribution is 2.28. The van der Waals surface area contributed by atoms with Crippen LogP contribution < -0.4 is 5.32 Å². The summed E-state index contributed by atoms with van der Waals surface area (Å²) in [6.07, 6.45) is 2.68. The first-order chi connectivity index (χ1) is 5.88. The van der Waals surface area contributed by atoms with Gasteiger partial charge in [0, 0.05) is 6.04 Å². The molecular weight excluding hydrogens is 166 g/mol. The molecule has 0 spiro atoms. The zero-order valence-electron chi connectivity index (χ0n) is 7.42. The Morgan fingerprint density at radius 1 is 1.58 bits per heavy atom. The molecular formula is C10H15NS. The van der Waals surface area contributed by atoms with Gasteiger partial charge in [-0.1, -0.05) is 0 Å². The first kappa shape index (κ1) is 8.27. The fourth-order valence-electron chi connectivity index (χ4n) is 1.99. The van der Waals surface area contributed by atoms with Crippen LogP contribution in [0.2, 0.25) is 0 Å². The maximum absolute atomic E-state index is 3.52. The van der Waals surface area contributed by atoms with Gasteiger partial charge in [-0.2, -0.15) is 11.3 Å². The summed E-state index contributed by atoms with van der Waals surface area (Å²) in [6.45, 7) is 3.49. The van der Waals surface area contributed by atoms with Crippen LogP contribution in [0.4, 0.5) is 0 Å². The zero-order chi connectivity index (χ0) is 8.39. The summed E-state index contributed by atoms with van der Waals surface area (Å²) < 4.78 is 0. The van der Waals surface area contributed by atoms with Crippen molar-refractivity contribution in [1.82, 2.24) is 5.32 Å². The minimum Gasteiger partial charge on any atom is -0.314 e. The molecule has 2 heterocycles. The van der Waals surface area contributed by atoms with Crippen LogP contribution in [0.1, 0.15) is 31.2 Å². The van der Waals surface area contributed by atoms with Crippen LogP contribution in [0.25, 0.3) is 0 Å². The van der Waals surface area contributed by atoms with Gasteiger partial charge in [-0.25, -0.2) is 0 Å². The normalized spacial score (nSPS) is 30.4. The van der Waals surface area contributed by atoms with Crippen molar-refractivity contribution >= 4 is 11.3 Å². The summed E-state index contributed by atoms with van der Waals surface area (Å²) in [6, 6.07) is 2.92. The molecule has 1 saturated heterocycles. The molecule has 12 heavy (non-hydrogen) atoms. The van der Waals surface area contributed by atoms with Gasteiger partial charge in [0.2, 0.25) is 0 Å². The molecule has 1 nitrogen and oxygen atoms in total. The molecule has 1 aliphatic heterocycles. The van der Waals surface area contributed by atoms with E-state index in [-0.39, 0.29) is 0 Å². The van der Waals surface area contributed by atoms with Crippen molar-refractivity contribution in [3.63, 3.8) is 0 Å². The van der Waals surface area contributed by atoms with E-state index < -0.39 is 0 Å². The van der Waals surface area contributed by atoms with Crippen LogP contribution in [0.3, 0.4) is 0 Å². The fraction of sp³-hybridized carbons (Fsp3) is 0.600. The molecule has 1 fully saturated rings. The van der Waals surface area contributed by atoms with E-state index in [1.165, 1.54) is 24.9 Å². The molecule has 2 atom stereocenters. The van der Waals surface area contributed by atoms with Gasteiger partial charge in [0.1, 0.15) is 0 Å². The molecule has 2 unspecified atom stereocenters. The largest absolute Gasteiger partial charge is 0.314 e. The average molecular weight is 181 g/mol. The minimum absolute atomic E-state index is 0.661. The minimum atomic E-state index is 0.661. The molecule has 1 N–H and O–H groups in total. The number of rotatable bonds is 1. The SMILES string of the molecule is CC1NCCCC1c1ccsc1. The summed E-state index contributed by atoms with van der Waals surface area (Å²) >= 11 is 1.81. The van der Waals surface area contributed by atoms with Crippen LogP contribution in [0, 0.1) is 0 Å². The summed E-state index contributed by atoms with van der Waals surface area (Å²) in [5.74, 6) is 0.755. The van der Waals surface area contributed by atoms with Crippen LogP contribution in [0.5, 0.6) is 0 Å². The van der Waals surface area contributed by atoms with Crippen molar-refractivity contribution in [2.75, 3.05) is 6.54 Å². The van der Waals surface area contributed by atoms with Gasteiger partial charge in [-0.3, -0.25) is 0 Å². The molecule has 0 saturated carbocycles. The Kier molecular flexibility index (Phi) is 2.47. The lowest BCUT2D eigenvalue weighted by molar-refractivity contribution is 0.372. The molecule has 1 aromatic rings. The average Bonchev–Trinajstić information content (AvgIpc) is 2.57. The third kappa shape index (κ3) is 1.54. The topological polar surface area (TPSA) is 12.0 Å². The van der Waals surface area contributed by atoms with Crippen molar-refractivity contribution < 1.29 is 0 Å². The number of thiophene rings is 1. The maximum Gasteiger partial charge on any atom is 0.0108 e. The summed E-state index contributed by atoms with van der Waals surface area (Å²) in [7, 11) is 0. The Balaban J connectivity index is 2.11. The second-order valence-electron chi connectivity index (χ2n) is 3.55.